The molecule has 0 atom stereocenters. The normalized spacial score (nSPS) is 10.4. The van der Waals surface area contributed by atoms with Crippen LogP contribution in [-0.2, 0) is 0 Å². The molecule has 2 nitrogen and oxygen atoms in total. The summed E-state index contributed by atoms with van der Waals surface area (Å²) in [6.07, 6.45) is 0. The van der Waals surface area contributed by atoms with E-state index in [0.717, 1.165) is 11.1 Å². The van der Waals surface area contributed by atoms with Crippen LogP contribution in [-0.4, -0.2) is 0 Å². The molecule has 0 aliphatic rings. The van der Waals surface area contributed by atoms with E-state index in [1.165, 1.54) is 15.4 Å². The Morgan fingerprint density at radius 1 is 0.944 bits per heavy atom. The lowest BCUT2D eigenvalue weighted by Gasteiger charge is -2.10. The maximum atomic E-state index is 8.87. The summed E-state index contributed by atoms with van der Waals surface area (Å²) in [5.74, 6) is 0. The average Bonchev–Trinajstić information content (AvgIpc) is 2.36. The molecule has 0 heterocycles. The summed E-state index contributed by atoms with van der Waals surface area (Å²) in [6, 6.07) is 12.4. The number of rotatable bonds is 3. The lowest BCUT2D eigenvalue weighted by Crippen LogP contribution is -1.83. The molecule has 0 radical (unpaired) electrons. The molecule has 92 valence electrons. The predicted octanol–water partition coefficient (Wildman–Crippen LogP) is 5.42. The fourth-order valence-corrected chi connectivity index (χ4v) is 2.71. The summed E-state index contributed by atoms with van der Waals surface area (Å²) < 4.78 is 0. The highest BCUT2D eigenvalue weighted by atomic mass is 32.2. The summed E-state index contributed by atoms with van der Waals surface area (Å²) in [6.45, 7) is 6.07. The van der Waals surface area contributed by atoms with Crippen molar-refractivity contribution in [3.63, 3.8) is 0 Å². The van der Waals surface area contributed by atoms with Crippen LogP contribution in [0.5, 0.6) is 0 Å². The van der Waals surface area contributed by atoms with E-state index in [0.29, 0.717) is 5.69 Å². The van der Waals surface area contributed by atoms with E-state index in [1.54, 1.807) is 11.8 Å². The maximum Gasteiger partial charge on any atom is 0.0429 e. The average molecular weight is 255 g/mol. The standard InChI is InChI=1S/C15H15N2S/c1-10-4-6-13(7-5-10)18-15-9-11(2)14(17-16)8-12(15)3/h4-9H,1-3H3/q-1. The van der Waals surface area contributed by atoms with Gasteiger partial charge < -0.3 is 10.6 Å². The van der Waals surface area contributed by atoms with E-state index < -0.39 is 0 Å². The van der Waals surface area contributed by atoms with Gasteiger partial charge in [0.2, 0.25) is 0 Å². The van der Waals surface area contributed by atoms with Gasteiger partial charge in [0.25, 0.3) is 0 Å². The zero-order valence-corrected chi connectivity index (χ0v) is 11.6. The number of aryl methyl sites for hydroxylation is 3. The third-order valence-electron chi connectivity index (χ3n) is 2.85. The highest BCUT2D eigenvalue weighted by molar-refractivity contribution is 7.99. The van der Waals surface area contributed by atoms with Crippen molar-refractivity contribution < 1.29 is 0 Å². The topological polar surface area (TPSA) is 34.7 Å². The summed E-state index contributed by atoms with van der Waals surface area (Å²) >= 11 is 1.73. The molecule has 2 aromatic rings. The van der Waals surface area contributed by atoms with Crippen molar-refractivity contribution in [3.05, 3.63) is 58.6 Å². The number of hydrogen-bond donors (Lipinski definition) is 0. The summed E-state index contributed by atoms with van der Waals surface area (Å²) in [5, 5.41) is 3.28. The predicted molar refractivity (Wildman–Crippen MR) is 76.7 cm³/mol. The molecule has 2 aromatic carbocycles. The molecule has 3 heteroatoms. The first-order valence-corrected chi connectivity index (χ1v) is 6.62. The molecule has 0 unspecified atom stereocenters. The molecule has 0 saturated heterocycles. The minimum Gasteiger partial charge on any atom is -0.706 e. The van der Waals surface area contributed by atoms with Crippen LogP contribution in [0.25, 0.3) is 5.53 Å². The summed E-state index contributed by atoms with van der Waals surface area (Å²) in [4.78, 5) is 2.42. The van der Waals surface area contributed by atoms with Crippen LogP contribution >= 0.6 is 11.8 Å². The highest BCUT2D eigenvalue weighted by Crippen LogP contribution is 2.34. The Labute approximate surface area is 112 Å². The largest absolute Gasteiger partial charge is 0.706 e. The molecule has 0 N–H and O–H groups in total. The van der Waals surface area contributed by atoms with E-state index in [9.17, 15) is 0 Å². The lowest BCUT2D eigenvalue weighted by atomic mass is 10.1. The Balaban J connectivity index is 2.32. The van der Waals surface area contributed by atoms with Crippen molar-refractivity contribution >= 4 is 17.4 Å². The molecule has 2 rings (SSSR count). The molecule has 0 amide bonds. The Kier molecular flexibility index (Phi) is 3.82. The van der Waals surface area contributed by atoms with Crippen LogP contribution in [0, 0.1) is 20.8 Å². The van der Waals surface area contributed by atoms with Crippen LogP contribution in [0.15, 0.2) is 51.3 Å². The number of hydrogen-bond acceptors (Lipinski definition) is 2. The minimum absolute atomic E-state index is 0.640. The van der Waals surface area contributed by atoms with Gasteiger partial charge in [0.1, 0.15) is 0 Å². The van der Waals surface area contributed by atoms with E-state index >= 15 is 0 Å². The summed E-state index contributed by atoms with van der Waals surface area (Å²) in [7, 11) is 0. The van der Waals surface area contributed by atoms with Gasteiger partial charge >= 0.3 is 0 Å². The van der Waals surface area contributed by atoms with Gasteiger partial charge in [0, 0.05) is 15.5 Å². The smallest absolute Gasteiger partial charge is 0.0429 e. The second-order valence-corrected chi connectivity index (χ2v) is 5.53. The van der Waals surface area contributed by atoms with Gasteiger partial charge in [-0.25, -0.2) is 0 Å². The second-order valence-electron chi connectivity index (χ2n) is 4.42. The Morgan fingerprint density at radius 3 is 2.22 bits per heavy atom. The van der Waals surface area contributed by atoms with Crippen LogP contribution < -0.4 is 0 Å². The fraction of sp³-hybridized carbons (Fsp3) is 0.200. The van der Waals surface area contributed by atoms with Crippen molar-refractivity contribution in [2.45, 2.75) is 30.6 Å². The van der Waals surface area contributed by atoms with Crippen molar-refractivity contribution in [1.29, 1.82) is 0 Å². The molecule has 0 aliphatic carbocycles. The van der Waals surface area contributed by atoms with Gasteiger partial charge in [-0.2, -0.15) is 0 Å². The SMILES string of the molecule is Cc1ccc(Sc2cc(C)c(N=[N-])cc2C)cc1. The van der Waals surface area contributed by atoms with Gasteiger partial charge in [-0.05, 0) is 56.2 Å². The minimum atomic E-state index is 0.640. The van der Waals surface area contributed by atoms with Gasteiger partial charge in [-0.1, -0.05) is 29.5 Å². The number of benzene rings is 2. The quantitative estimate of drug-likeness (QED) is 0.675. The molecule has 0 fully saturated rings. The molecular weight excluding hydrogens is 240 g/mol. The van der Waals surface area contributed by atoms with Gasteiger partial charge in [0.15, 0.2) is 0 Å². The highest BCUT2D eigenvalue weighted by Gasteiger charge is 2.04. The third-order valence-corrected chi connectivity index (χ3v) is 4.02. The lowest BCUT2D eigenvalue weighted by molar-refractivity contribution is 1.23. The van der Waals surface area contributed by atoms with E-state index in [4.69, 9.17) is 5.53 Å². The van der Waals surface area contributed by atoms with Crippen molar-refractivity contribution in [1.82, 2.24) is 0 Å². The third kappa shape index (κ3) is 2.79. The van der Waals surface area contributed by atoms with E-state index in [-0.39, 0.29) is 0 Å². The van der Waals surface area contributed by atoms with E-state index in [1.807, 2.05) is 19.9 Å². The zero-order chi connectivity index (χ0) is 13.1. The molecule has 0 saturated carbocycles. The Morgan fingerprint density at radius 2 is 1.61 bits per heavy atom. The van der Waals surface area contributed by atoms with Crippen molar-refractivity contribution in [2.24, 2.45) is 5.11 Å². The van der Waals surface area contributed by atoms with Crippen LogP contribution in [0.2, 0.25) is 0 Å². The molecule has 0 aliphatic heterocycles. The van der Waals surface area contributed by atoms with Crippen molar-refractivity contribution in [2.75, 3.05) is 0 Å². The number of nitrogens with zero attached hydrogens (tertiary/aromatic N) is 2. The monoisotopic (exact) mass is 255 g/mol. The van der Waals surface area contributed by atoms with Crippen LogP contribution in [0.1, 0.15) is 16.7 Å². The van der Waals surface area contributed by atoms with Gasteiger partial charge in [0.05, 0.1) is 0 Å². The molecular formula is C15H15N2S-. The van der Waals surface area contributed by atoms with Gasteiger partial charge in [-0.3, -0.25) is 0 Å². The first-order valence-electron chi connectivity index (χ1n) is 5.81. The maximum absolute atomic E-state index is 8.87. The summed E-state index contributed by atoms with van der Waals surface area (Å²) in [5.41, 5.74) is 12.9. The van der Waals surface area contributed by atoms with Crippen LogP contribution in [0.4, 0.5) is 5.69 Å². The fourth-order valence-electron chi connectivity index (χ4n) is 1.73. The second kappa shape index (κ2) is 5.36. The Bertz CT molecular complexity index is 574. The first kappa shape index (κ1) is 12.8. The molecule has 0 bridgehead atoms. The van der Waals surface area contributed by atoms with Gasteiger partial charge in [-0.15, -0.1) is 0 Å². The van der Waals surface area contributed by atoms with E-state index in [2.05, 4.69) is 42.4 Å². The molecule has 0 aromatic heterocycles. The zero-order valence-electron chi connectivity index (χ0n) is 10.8. The Hall–Kier alpha value is -1.61. The van der Waals surface area contributed by atoms with Crippen molar-refractivity contribution in [3.8, 4) is 0 Å². The first-order chi connectivity index (χ1) is 8.60. The van der Waals surface area contributed by atoms with Crippen LogP contribution in [0.3, 0.4) is 0 Å². The molecule has 18 heavy (non-hydrogen) atoms. The molecule has 0 spiro atoms.